The molecule has 2 rings (SSSR count). The van der Waals surface area contributed by atoms with E-state index in [1.165, 1.54) is 23.9 Å². The van der Waals surface area contributed by atoms with Crippen molar-refractivity contribution >= 4 is 17.4 Å². The van der Waals surface area contributed by atoms with Crippen molar-refractivity contribution in [2.75, 3.05) is 5.73 Å². The molecule has 0 aliphatic rings. The summed E-state index contributed by atoms with van der Waals surface area (Å²) >= 11 is 1.47. The molecular weight excluding hydrogens is 213 g/mol. The van der Waals surface area contributed by atoms with Crippen molar-refractivity contribution in [2.24, 2.45) is 7.05 Å². The Morgan fingerprint density at radius 1 is 1.47 bits per heavy atom. The van der Waals surface area contributed by atoms with Gasteiger partial charge in [0, 0.05) is 23.8 Å². The van der Waals surface area contributed by atoms with Gasteiger partial charge in [0.1, 0.15) is 5.82 Å². The van der Waals surface area contributed by atoms with E-state index in [1.807, 2.05) is 13.2 Å². The van der Waals surface area contributed by atoms with E-state index in [1.54, 1.807) is 16.9 Å². The van der Waals surface area contributed by atoms with Gasteiger partial charge in [-0.15, -0.1) is 0 Å². The van der Waals surface area contributed by atoms with Crippen LogP contribution in [-0.2, 0) is 7.05 Å². The Kier molecular flexibility index (Phi) is 2.64. The number of benzene rings is 1. The Labute approximate surface area is 91.1 Å². The molecule has 0 aliphatic carbocycles. The predicted octanol–water partition coefficient (Wildman–Crippen LogP) is 2.29. The minimum absolute atomic E-state index is 0.317. The summed E-state index contributed by atoms with van der Waals surface area (Å²) in [5.74, 6) is -0.317. The maximum absolute atomic E-state index is 12.8. The standard InChI is InChI=1S/C10H10FN3S/c1-14-6-8(5-13-14)15-10-3-2-7(11)4-9(10)12/h2-6H,12H2,1H3. The molecule has 3 nitrogen and oxygen atoms in total. The Bertz CT molecular complexity index is 481. The number of nitrogens with zero attached hydrogens (tertiary/aromatic N) is 2. The molecule has 0 saturated heterocycles. The summed E-state index contributed by atoms with van der Waals surface area (Å²) in [5.41, 5.74) is 6.14. The number of anilines is 1. The Morgan fingerprint density at radius 2 is 2.27 bits per heavy atom. The highest BCUT2D eigenvalue weighted by atomic mass is 32.2. The lowest BCUT2D eigenvalue weighted by molar-refractivity contribution is 0.627. The summed E-state index contributed by atoms with van der Waals surface area (Å²) in [6.45, 7) is 0. The molecule has 5 heteroatoms. The second-order valence-electron chi connectivity index (χ2n) is 3.13. The van der Waals surface area contributed by atoms with Crippen molar-refractivity contribution in [3.63, 3.8) is 0 Å². The van der Waals surface area contributed by atoms with Crippen LogP contribution in [0.2, 0.25) is 0 Å². The third-order valence-corrected chi connectivity index (χ3v) is 2.92. The van der Waals surface area contributed by atoms with Gasteiger partial charge < -0.3 is 5.73 Å². The molecule has 1 heterocycles. The van der Waals surface area contributed by atoms with Crippen LogP contribution in [0, 0.1) is 5.82 Å². The van der Waals surface area contributed by atoms with Crippen LogP contribution in [0.25, 0.3) is 0 Å². The third kappa shape index (κ3) is 2.30. The van der Waals surface area contributed by atoms with E-state index >= 15 is 0 Å². The van der Waals surface area contributed by atoms with E-state index in [9.17, 15) is 4.39 Å². The van der Waals surface area contributed by atoms with Crippen molar-refractivity contribution in [2.45, 2.75) is 9.79 Å². The normalized spacial score (nSPS) is 10.5. The second-order valence-corrected chi connectivity index (χ2v) is 4.25. The molecule has 0 radical (unpaired) electrons. The van der Waals surface area contributed by atoms with E-state index in [0.29, 0.717) is 5.69 Å². The highest BCUT2D eigenvalue weighted by Gasteiger charge is 2.04. The summed E-state index contributed by atoms with van der Waals surface area (Å²) in [7, 11) is 1.85. The first-order valence-electron chi connectivity index (χ1n) is 4.36. The van der Waals surface area contributed by atoms with Crippen molar-refractivity contribution in [1.82, 2.24) is 9.78 Å². The molecule has 0 bridgehead atoms. The minimum atomic E-state index is -0.317. The molecule has 0 unspecified atom stereocenters. The topological polar surface area (TPSA) is 43.8 Å². The van der Waals surface area contributed by atoms with Gasteiger partial charge in [0.05, 0.1) is 11.1 Å². The zero-order chi connectivity index (χ0) is 10.8. The monoisotopic (exact) mass is 223 g/mol. The van der Waals surface area contributed by atoms with E-state index < -0.39 is 0 Å². The summed E-state index contributed by atoms with van der Waals surface area (Å²) in [4.78, 5) is 1.82. The SMILES string of the molecule is Cn1cc(Sc2ccc(F)cc2N)cn1. The molecule has 1 aromatic carbocycles. The van der Waals surface area contributed by atoms with E-state index in [4.69, 9.17) is 5.73 Å². The minimum Gasteiger partial charge on any atom is -0.398 e. The zero-order valence-electron chi connectivity index (χ0n) is 8.14. The van der Waals surface area contributed by atoms with Crippen molar-refractivity contribution in [1.29, 1.82) is 0 Å². The quantitative estimate of drug-likeness (QED) is 0.794. The van der Waals surface area contributed by atoms with Crippen LogP contribution < -0.4 is 5.73 Å². The number of aromatic nitrogens is 2. The van der Waals surface area contributed by atoms with E-state index in [2.05, 4.69) is 5.10 Å². The predicted molar refractivity (Wildman–Crippen MR) is 58.1 cm³/mol. The number of hydrogen-bond donors (Lipinski definition) is 1. The number of halogens is 1. The van der Waals surface area contributed by atoms with Crippen molar-refractivity contribution in [3.05, 3.63) is 36.4 Å². The van der Waals surface area contributed by atoms with Crippen LogP contribution >= 0.6 is 11.8 Å². The van der Waals surface area contributed by atoms with Gasteiger partial charge >= 0.3 is 0 Å². The number of rotatable bonds is 2. The smallest absolute Gasteiger partial charge is 0.125 e. The third-order valence-electron chi connectivity index (χ3n) is 1.88. The first-order valence-corrected chi connectivity index (χ1v) is 5.18. The molecule has 0 aliphatic heterocycles. The first-order chi connectivity index (χ1) is 7.15. The van der Waals surface area contributed by atoms with Crippen molar-refractivity contribution in [3.8, 4) is 0 Å². The van der Waals surface area contributed by atoms with Gasteiger partial charge in [-0.1, -0.05) is 11.8 Å². The maximum Gasteiger partial charge on any atom is 0.125 e. The van der Waals surface area contributed by atoms with Crippen LogP contribution in [-0.4, -0.2) is 9.78 Å². The average molecular weight is 223 g/mol. The van der Waals surface area contributed by atoms with Gasteiger partial charge in [0.25, 0.3) is 0 Å². The fraction of sp³-hybridized carbons (Fsp3) is 0.100. The molecule has 0 atom stereocenters. The summed E-state index contributed by atoms with van der Waals surface area (Å²) < 4.78 is 14.5. The fourth-order valence-electron chi connectivity index (χ4n) is 1.19. The average Bonchev–Trinajstić information content (AvgIpc) is 2.56. The van der Waals surface area contributed by atoms with Gasteiger partial charge in [-0.3, -0.25) is 4.68 Å². The molecular formula is C10H10FN3S. The molecule has 2 aromatic rings. The van der Waals surface area contributed by atoms with Crippen molar-refractivity contribution < 1.29 is 4.39 Å². The van der Waals surface area contributed by atoms with E-state index in [0.717, 1.165) is 9.79 Å². The van der Waals surface area contributed by atoms with E-state index in [-0.39, 0.29) is 5.82 Å². The van der Waals surface area contributed by atoms with Crippen LogP contribution in [0.4, 0.5) is 10.1 Å². The molecule has 78 valence electrons. The Balaban J connectivity index is 2.24. The lowest BCUT2D eigenvalue weighted by Gasteiger charge is -2.02. The van der Waals surface area contributed by atoms with Gasteiger partial charge in [-0.05, 0) is 18.2 Å². The largest absolute Gasteiger partial charge is 0.398 e. The highest BCUT2D eigenvalue weighted by Crippen LogP contribution is 2.31. The maximum atomic E-state index is 12.8. The van der Waals surface area contributed by atoms with Gasteiger partial charge in [0.15, 0.2) is 0 Å². The molecule has 0 fully saturated rings. The number of nitrogens with two attached hydrogens (primary N) is 1. The van der Waals surface area contributed by atoms with Crippen LogP contribution in [0.5, 0.6) is 0 Å². The number of nitrogen functional groups attached to an aromatic ring is 1. The second kappa shape index (κ2) is 3.94. The summed E-state index contributed by atoms with van der Waals surface area (Å²) in [6.07, 6.45) is 3.63. The number of hydrogen-bond acceptors (Lipinski definition) is 3. The lowest BCUT2D eigenvalue weighted by Crippen LogP contribution is -1.89. The van der Waals surface area contributed by atoms with Crippen LogP contribution in [0.15, 0.2) is 40.4 Å². The van der Waals surface area contributed by atoms with Crippen LogP contribution in [0.1, 0.15) is 0 Å². The number of aryl methyl sites for hydroxylation is 1. The Hall–Kier alpha value is -1.49. The molecule has 1 aromatic heterocycles. The van der Waals surface area contributed by atoms with Crippen LogP contribution in [0.3, 0.4) is 0 Å². The molecule has 15 heavy (non-hydrogen) atoms. The summed E-state index contributed by atoms with van der Waals surface area (Å²) in [5, 5.41) is 4.04. The highest BCUT2D eigenvalue weighted by molar-refractivity contribution is 7.99. The van der Waals surface area contributed by atoms with Gasteiger partial charge in [-0.2, -0.15) is 5.10 Å². The van der Waals surface area contributed by atoms with Gasteiger partial charge in [0.2, 0.25) is 0 Å². The molecule has 0 spiro atoms. The molecule has 0 amide bonds. The summed E-state index contributed by atoms with van der Waals surface area (Å²) in [6, 6.07) is 4.39. The van der Waals surface area contributed by atoms with Gasteiger partial charge in [-0.25, -0.2) is 4.39 Å². The lowest BCUT2D eigenvalue weighted by atomic mass is 10.3. The fourth-order valence-corrected chi connectivity index (χ4v) is 2.06. The molecule has 0 saturated carbocycles. The first kappa shape index (κ1) is 10.0. The molecule has 2 N–H and O–H groups in total. The Morgan fingerprint density at radius 3 is 2.87 bits per heavy atom. The zero-order valence-corrected chi connectivity index (χ0v) is 8.96.